The van der Waals surface area contributed by atoms with E-state index < -0.39 is 51.3 Å². The van der Waals surface area contributed by atoms with Crippen LogP contribution in [0.5, 0.6) is 0 Å². The summed E-state index contributed by atoms with van der Waals surface area (Å²) in [6, 6.07) is -0.761. The maximum atomic E-state index is 15.1. The first-order valence-corrected chi connectivity index (χ1v) is 14.6. The van der Waals surface area contributed by atoms with E-state index in [0.717, 1.165) is 11.2 Å². The van der Waals surface area contributed by atoms with E-state index in [9.17, 15) is 22.5 Å². The van der Waals surface area contributed by atoms with E-state index in [1.807, 2.05) is 7.05 Å². The van der Waals surface area contributed by atoms with Gasteiger partial charge in [-0.25, -0.2) is 22.2 Å². The van der Waals surface area contributed by atoms with Crippen molar-refractivity contribution in [2.45, 2.75) is 43.4 Å². The summed E-state index contributed by atoms with van der Waals surface area (Å²) in [6.07, 6.45) is 0.672. The van der Waals surface area contributed by atoms with Crippen LogP contribution in [0.4, 0.5) is 20.2 Å². The van der Waals surface area contributed by atoms with Crippen LogP contribution >= 0.6 is 0 Å². The summed E-state index contributed by atoms with van der Waals surface area (Å²) in [6.45, 7) is 4.01. The number of amides is 1. The van der Waals surface area contributed by atoms with Crippen LogP contribution in [0.2, 0.25) is 0 Å². The summed E-state index contributed by atoms with van der Waals surface area (Å²) in [5, 5.41) is 8.69. The second-order valence-corrected chi connectivity index (χ2v) is 12.7. The lowest BCUT2D eigenvalue weighted by Gasteiger charge is -2.39. The number of nitrogens with two attached hydrogens (primary N) is 1. The van der Waals surface area contributed by atoms with E-state index in [0.29, 0.717) is 39.0 Å². The third-order valence-corrected chi connectivity index (χ3v) is 10.1. The Labute approximate surface area is 227 Å². The molecule has 13 nitrogen and oxygen atoms in total. The first-order valence-electron chi connectivity index (χ1n) is 13.1. The van der Waals surface area contributed by atoms with Gasteiger partial charge in [-0.3, -0.25) is 15.1 Å². The molecule has 39 heavy (non-hydrogen) atoms. The molecule has 0 radical (unpaired) electrons. The number of rotatable bonds is 8. The van der Waals surface area contributed by atoms with Crippen molar-refractivity contribution in [3.8, 4) is 0 Å². The van der Waals surface area contributed by atoms with Gasteiger partial charge < -0.3 is 20.9 Å². The van der Waals surface area contributed by atoms with Crippen molar-refractivity contribution in [1.82, 2.24) is 24.5 Å². The smallest absolute Gasteiger partial charge is 0.232 e. The number of anilines is 2. The third kappa shape index (κ3) is 6.45. The zero-order chi connectivity index (χ0) is 28.3. The highest BCUT2D eigenvalue weighted by Crippen LogP contribution is 2.33. The Hall–Kier alpha value is -2.53. The van der Waals surface area contributed by atoms with Gasteiger partial charge in [0.05, 0.1) is 41.1 Å². The number of likely N-dealkylation sites (N-methyl/N-ethyl adjacent to an activating group) is 1. The molecule has 3 saturated heterocycles. The number of nitroso groups, excluding NO2 is 1. The van der Waals surface area contributed by atoms with E-state index in [4.69, 9.17) is 5.73 Å². The summed E-state index contributed by atoms with van der Waals surface area (Å²) in [5.74, 6) is -2.31. The second kappa shape index (κ2) is 12.3. The fraction of sp³-hybridized carbons (Fsp3) is 0.739. The summed E-state index contributed by atoms with van der Waals surface area (Å²) in [4.78, 5) is 32.4. The Morgan fingerprint density at radius 1 is 1.21 bits per heavy atom. The SMILES string of the molecule is CC(N)C(C(=O)Nc1cncc(F)c1N1CCC(S(=O)(=O)N2CCN(C)CC2)CC1)C1NCC(F)CN1N=O. The lowest BCUT2D eigenvalue weighted by atomic mass is 9.95. The number of nitrogens with one attached hydrogen (secondary N) is 2. The summed E-state index contributed by atoms with van der Waals surface area (Å²) >= 11 is 0. The van der Waals surface area contributed by atoms with E-state index in [1.165, 1.54) is 6.20 Å². The van der Waals surface area contributed by atoms with Crippen LogP contribution in [0.15, 0.2) is 17.7 Å². The minimum absolute atomic E-state index is 0.0774. The number of carbonyl (C=O) groups is 1. The standard InChI is InChI=1S/C23H37F2N9O4S/c1-15(26)20(22-28-11-16(24)14-34(22)30-36)23(35)29-19-13-27-12-18(25)21(19)32-5-3-17(4-6-32)39(37,38)33-9-7-31(2)8-10-33/h12-13,15-17,20,22,28H,3-11,14,26H2,1-2H3,(H,29,35). The number of halogens is 2. The van der Waals surface area contributed by atoms with Crippen LogP contribution in [0.1, 0.15) is 19.8 Å². The Morgan fingerprint density at radius 2 is 1.87 bits per heavy atom. The molecular formula is C23H37F2N9O4S. The maximum Gasteiger partial charge on any atom is 0.232 e. The van der Waals surface area contributed by atoms with Gasteiger partial charge in [-0.1, -0.05) is 0 Å². The molecule has 3 fully saturated rings. The highest BCUT2D eigenvalue weighted by molar-refractivity contribution is 7.89. The molecule has 218 valence electrons. The largest absolute Gasteiger partial charge is 0.367 e. The number of piperidine rings is 1. The quantitative estimate of drug-likeness (QED) is 0.360. The van der Waals surface area contributed by atoms with Gasteiger partial charge in [0, 0.05) is 51.9 Å². The van der Waals surface area contributed by atoms with Crippen molar-refractivity contribution in [1.29, 1.82) is 0 Å². The lowest BCUT2D eigenvalue weighted by molar-refractivity contribution is -0.124. The van der Waals surface area contributed by atoms with Gasteiger partial charge in [0.15, 0.2) is 5.82 Å². The Kier molecular flexibility index (Phi) is 9.31. The Bertz CT molecular complexity index is 1130. The first kappa shape index (κ1) is 29.5. The van der Waals surface area contributed by atoms with Crippen molar-refractivity contribution in [2.24, 2.45) is 16.9 Å². The Balaban J connectivity index is 1.48. The second-order valence-electron chi connectivity index (χ2n) is 10.5. The van der Waals surface area contributed by atoms with Crippen molar-refractivity contribution in [3.05, 3.63) is 23.1 Å². The van der Waals surface area contributed by atoms with Crippen molar-refractivity contribution in [2.75, 3.05) is 69.6 Å². The predicted octanol–water partition coefficient (Wildman–Crippen LogP) is -0.0806. The molecule has 4 unspecified atom stereocenters. The van der Waals surface area contributed by atoms with Crippen LogP contribution < -0.4 is 21.3 Å². The number of piperazine rings is 1. The normalized spacial score (nSPS) is 25.8. The van der Waals surface area contributed by atoms with E-state index in [2.05, 4.69) is 25.8 Å². The summed E-state index contributed by atoms with van der Waals surface area (Å²) in [5.41, 5.74) is 6.27. The minimum atomic E-state index is -3.48. The molecule has 4 rings (SSSR count). The molecular weight excluding hydrogens is 536 g/mol. The average Bonchev–Trinajstić information content (AvgIpc) is 2.90. The molecule has 0 aromatic carbocycles. The van der Waals surface area contributed by atoms with Gasteiger partial charge >= 0.3 is 0 Å². The molecule has 0 spiro atoms. The van der Waals surface area contributed by atoms with Crippen molar-refractivity contribution >= 4 is 27.3 Å². The molecule has 16 heteroatoms. The number of nitrogens with zero attached hydrogens (tertiary/aromatic N) is 6. The first-order chi connectivity index (χ1) is 18.5. The average molecular weight is 574 g/mol. The molecule has 1 aromatic heterocycles. The summed E-state index contributed by atoms with van der Waals surface area (Å²) in [7, 11) is -1.52. The fourth-order valence-electron chi connectivity index (χ4n) is 5.49. The topological polar surface area (TPSA) is 157 Å². The van der Waals surface area contributed by atoms with E-state index in [1.54, 1.807) is 16.1 Å². The number of alkyl halides is 1. The molecule has 1 aromatic rings. The zero-order valence-electron chi connectivity index (χ0n) is 22.2. The molecule has 4 heterocycles. The molecule has 4 atom stereocenters. The summed E-state index contributed by atoms with van der Waals surface area (Å²) < 4.78 is 56.8. The molecule has 0 saturated carbocycles. The monoisotopic (exact) mass is 573 g/mol. The third-order valence-electron chi connectivity index (χ3n) is 7.70. The van der Waals surface area contributed by atoms with Gasteiger partial charge in [-0.15, -0.1) is 4.91 Å². The molecule has 0 aliphatic carbocycles. The highest BCUT2D eigenvalue weighted by Gasteiger charge is 2.41. The lowest BCUT2D eigenvalue weighted by Crippen LogP contribution is -2.62. The number of hydrogen-bond acceptors (Lipinski definition) is 10. The molecule has 3 aliphatic heterocycles. The number of sulfonamides is 1. The number of pyridine rings is 1. The minimum Gasteiger partial charge on any atom is -0.367 e. The van der Waals surface area contributed by atoms with Gasteiger partial charge in [0.2, 0.25) is 15.9 Å². The van der Waals surface area contributed by atoms with Crippen LogP contribution in [0.25, 0.3) is 0 Å². The van der Waals surface area contributed by atoms with Crippen LogP contribution in [0, 0.1) is 16.6 Å². The van der Waals surface area contributed by atoms with Crippen LogP contribution in [-0.2, 0) is 14.8 Å². The van der Waals surface area contributed by atoms with Crippen LogP contribution in [0.3, 0.4) is 0 Å². The number of hydrogen-bond donors (Lipinski definition) is 3. The molecule has 3 aliphatic rings. The van der Waals surface area contributed by atoms with Gasteiger partial charge in [0.1, 0.15) is 18.0 Å². The van der Waals surface area contributed by atoms with Gasteiger partial charge in [-0.2, -0.15) is 4.31 Å². The molecule has 4 N–H and O–H groups in total. The fourth-order valence-corrected chi connectivity index (χ4v) is 7.39. The number of carbonyl (C=O) groups excluding carboxylic acids is 1. The van der Waals surface area contributed by atoms with Gasteiger partial charge in [-0.05, 0) is 26.8 Å². The maximum absolute atomic E-state index is 15.1. The van der Waals surface area contributed by atoms with Crippen LogP contribution in [-0.4, -0.2) is 117 Å². The molecule has 1 amide bonds. The van der Waals surface area contributed by atoms with E-state index in [-0.39, 0.29) is 37.6 Å². The van der Waals surface area contributed by atoms with Crippen molar-refractivity contribution in [3.63, 3.8) is 0 Å². The van der Waals surface area contributed by atoms with Gasteiger partial charge in [0.25, 0.3) is 0 Å². The number of aromatic nitrogens is 1. The highest BCUT2D eigenvalue weighted by atomic mass is 32.2. The predicted molar refractivity (Wildman–Crippen MR) is 142 cm³/mol. The zero-order valence-corrected chi connectivity index (χ0v) is 23.0. The Morgan fingerprint density at radius 3 is 2.49 bits per heavy atom. The van der Waals surface area contributed by atoms with E-state index >= 15 is 4.39 Å². The molecule has 0 bridgehead atoms. The van der Waals surface area contributed by atoms with Crippen molar-refractivity contribution < 1.29 is 22.0 Å².